The number of nitrogens with zero attached hydrogens (tertiary/aromatic N) is 3. The first-order valence-electron chi connectivity index (χ1n) is 7.97. The van der Waals surface area contributed by atoms with E-state index in [1.807, 2.05) is 0 Å². The summed E-state index contributed by atoms with van der Waals surface area (Å²) in [7, 11) is -4.44. The average Bonchev–Trinajstić information content (AvgIpc) is 2.65. The molecule has 0 atom stereocenters. The molecule has 2 rings (SSSR count). The molecule has 0 amide bonds. The molecular weight excluding hydrogens is 430 g/mol. The van der Waals surface area contributed by atoms with Crippen LogP contribution in [0.15, 0.2) is 47.4 Å². The van der Waals surface area contributed by atoms with E-state index in [0.717, 1.165) is 36.4 Å². The van der Waals surface area contributed by atoms with Crippen molar-refractivity contribution in [3.63, 3.8) is 0 Å². The van der Waals surface area contributed by atoms with Gasteiger partial charge in [0, 0.05) is 37.2 Å². The Morgan fingerprint density at radius 1 is 1.07 bits per heavy atom. The second-order valence-corrected chi connectivity index (χ2v) is 7.99. The van der Waals surface area contributed by atoms with E-state index < -0.39 is 42.1 Å². The number of sulfonamides is 1. The van der Waals surface area contributed by atoms with E-state index in [-0.39, 0.29) is 30.1 Å². The van der Waals surface area contributed by atoms with Crippen molar-refractivity contribution in [2.24, 2.45) is 0 Å². The zero-order valence-electron chi connectivity index (χ0n) is 14.6. The molecule has 154 valence electrons. The fourth-order valence-corrected chi connectivity index (χ4v) is 4.26. The molecular formula is C16H14ClN3O8S. The molecule has 2 aromatic carbocycles. The lowest BCUT2D eigenvalue weighted by Gasteiger charge is -2.25. The maximum atomic E-state index is 13.1. The molecule has 0 bridgehead atoms. The second kappa shape index (κ2) is 8.84. The van der Waals surface area contributed by atoms with Gasteiger partial charge in [-0.1, -0.05) is 17.7 Å². The lowest BCUT2D eigenvalue weighted by atomic mass is 10.2. The van der Waals surface area contributed by atoms with Gasteiger partial charge in [0.2, 0.25) is 0 Å². The average molecular weight is 444 g/mol. The van der Waals surface area contributed by atoms with E-state index in [2.05, 4.69) is 0 Å². The Kier molecular flexibility index (Phi) is 6.72. The Balaban J connectivity index is 2.60. The SMILES string of the molecule is O=C(O)CCCN(c1cc([N+](=O)[O-])ccc1Cl)S(=O)(=O)c1cccc([N+](=O)[O-])c1. The standard InChI is InChI=1S/C16H14ClN3O8S/c17-14-7-6-12(20(25)26)10-15(14)18(8-2-5-16(21)22)29(27,28)13-4-1-3-11(9-13)19(23)24/h1,3-4,6-7,9-10H,2,5,8H2,(H,21,22). The second-order valence-electron chi connectivity index (χ2n) is 5.72. The number of carbonyl (C=O) groups is 1. The number of nitro benzene ring substituents is 2. The number of non-ortho nitro benzene ring substituents is 2. The first-order chi connectivity index (χ1) is 13.5. The van der Waals surface area contributed by atoms with Gasteiger partial charge in [0.25, 0.3) is 21.4 Å². The number of halogens is 1. The number of hydrogen-bond donors (Lipinski definition) is 1. The van der Waals surface area contributed by atoms with E-state index in [1.165, 1.54) is 6.07 Å². The number of hydrogen-bond acceptors (Lipinski definition) is 7. The number of aliphatic carboxylic acids is 1. The molecule has 0 saturated carbocycles. The third-order valence-electron chi connectivity index (χ3n) is 3.78. The van der Waals surface area contributed by atoms with Crippen LogP contribution in [0.5, 0.6) is 0 Å². The topological polar surface area (TPSA) is 161 Å². The summed E-state index contributed by atoms with van der Waals surface area (Å²) in [6.45, 7) is -0.363. The number of rotatable bonds is 9. The van der Waals surface area contributed by atoms with Crippen molar-refractivity contribution in [3.8, 4) is 0 Å². The minimum atomic E-state index is -4.44. The van der Waals surface area contributed by atoms with E-state index in [4.69, 9.17) is 16.7 Å². The highest BCUT2D eigenvalue weighted by molar-refractivity contribution is 7.92. The monoisotopic (exact) mass is 443 g/mol. The number of anilines is 1. The number of carboxylic acid groups (broad SMARTS) is 1. The maximum Gasteiger partial charge on any atom is 0.303 e. The third kappa shape index (κ3) is 5.18. The van der Waals surface area contributed by atoms with Crippen molar-refractivity contribution in [2.75, 3.05) is 10.8 Å². The van der Waals surface area contributed by atoms with E-state index in [1.54, 1.807) is 0 Å². The van der Waals surface area contributed by atoms with E-state index in [9.17, 15) is 33.4 Å². The Morgan fingerprint density at radius 3 is 2.28 bits per heavy atom. The van der Waals surface area contributed by atoms with Crippen LogP contribution >= 0.6 is 11.6 Å². The van der Waals surface area contributed by atoms with Gasteiger partial charge in [0.05, 0.1) is 25.5 Å². The van der Waals surface area contributed by atoms with Crippen LogP contribution in [0.3, 0.4) is 0 Å². The highest BCUT2D eigenvalue weighted by Gasteiger charge is 2.29. The van der Waals surface area contributed by atoms with Crippen molar-refractivity contribution in [1.82, 2.24) is 0 Å². The van der Waals surface area contributed by atoms with Crippen molar-refractivity contribution in [1.29, 1.82) is 0 Å². The molecule has 0 aliphatic heterocycles. The van der Waals surface area contributed by atoms with Crippen LogP contribution in [-0.4, -0.2) is 35.9 Å². The molecule has 11 nitrogen and oxygen atoms in total. The lowest BCUT2D eigenvalue weighted by molar-refractivity contribution is -0.385. The van der Waals surface area contributed by atoms with Gasteiger partial charge in [-0.15, -0.1) is 0 Å². The zero-order valence-corrected chi connectivity index (χ0v) is 16.2. The number of carboxylic acids is 1. The highest BCUT2D eigenvalue weighted by atomic mass is 35.5. The molecule has 0 saturated heterocycles. The molecule has 0 heterocycles. The maximum absolute atomic E-state index is 13.1. The van der Waals surface area contributed by atoms with Gasteiger partial charge in [0.15, 0.2) is 0 Å². The third-order valence-corrected chi connectivity index (χ3v) is 5.91. The molecule has 0 aliphatic rings. The molecule has 0 spiro atoms. The number of benzene rings is 2. The van der Waals surface area contributed by atoms with Gasteiger partial charge in [-0.2, -0.15) is 0 Å². The predicted octanol–water partition coefficient (Wildman–Crippen LogP) is 3.22. The Morgan fingerprint density at radius 2 is 1.69 bits per heavy atom. The predicted molar refractivity (Wildman–Crippen MR) is 103 cm³/mol. The fourth-order valence-electron chi connectivity index (χ4n) is 2.43. The Labute approximate surface area is 169 Å². The first kappa shape index (κ1) is 22.0. The summed E-state index contributed by atoms with van der Waals surface area (Å²) in [5.74, 6) is -1.16. The van der Waals surface area contributed by atoms with Crippen LogP contribution in [0.2, 0.25) is 5.02 Å². The largest absolute Gasteiger partial charge is 0.481 e. The molecule has 13 heteroatoms. The van der Waals surface area contributed by atoms with Gasteiger partial charge >= 0.3 is 5.97 Å². The fraction of sp³-hybridized carbons (Fsp3) is 0.188. The van der Waals surface area contributed by atoms with Crippen LogP contribution in [-0.2, 0) is 14.8 Å². The van der Waals surface area contributed by atoms with Crippen LogP contribution < -0.4 is 4.31 Å². The zero-order chi connectivity index (χ0) is 21.8. The molecule has 2 aromatic rings. The summed E-state index contributed by atoms with van der Waals surface area (Å²) < 4.78 is 27.0. The van der Waals surface area contributed by atoms with E-state index in [0.29, 0.717) is 4.31 Å². The van der Waals surface area contributed by atoms with Gasteiger partial charge in [0.1, 0.15) is 0 Å². The lowest BCUT2D eigenvalue weighted by Crippen LogP contribution is -2.32. The highest BCUT2D eigenvalue weighted by Crippen LogP contribution is 2.34. The molecule has 0 radical (unpaired) electrons. The molecule has 0 fully saturated rings. The summed E-state index contributed by atoms with van der Waals surface area (Å²) in [6.07, 6.45) is -0.490. The molecule has 1 N–H and O–H groups in total. The smallest absolute Gasteiger partial charge is 0.303 e. The van der Waals surface area contributed by atoms with Gasteiger partial charge in [-0.3, -0.25) is 29.3 Å². The molecule has 0 aromatic heterocycles. The minimum Gasteiger partial charge on any atom is -0.481 e. The molecule has 0 aliphatic carbocycles. The van der Waals surface area contributed by atoms with Crippen molar-refractivity contribution < 1.29 is 28.2 Å². The van der Waals surface area contributed by atoms with Crippen LogP contribution in [0.25, 0.3) is 0 Å². The number of nitro groups is 2. The summed E-state index contributed by atoms with van der Waals surface area (Å²) >= 11 is 6.06. The Hall–Kier alpha value is -3.25. The van der Waals surface area contributed by atoms with Crippen LogP contribution in [0.1, 0.15) is 12.8 Å². The summed E-state index contributed by atoms with van der Waals surface area (Å²) in [5.41, 5.74) is -1.14. The summed E-state index contributed by atoms with van der Waals surface area (Å²) in [5, 5.41) is 30.8. The summed E-state index contributed by atoms with van der Waals surface area (Å²) in [4.78, 5) is 30.9. The van der Waals surface area contributed by atoms with E-state index >= 15 is 0 Å². The minimum absolute atomic E-state index is 0.123. The molecule has 0 unspecified atom stereocenters. The van der Waals surface area contributed by atoms with Gasteiger partial charge in [-0.25, -0.2) is 8.42 Å². The van der Waals surface area contributed by atoms with Gasteiger partial charge < -0.3 is 5.11 Å². The Bertz CT molecular complexity index is 1070. The summed E-state index contributed by atoms with van der Waals surface area (Å²) in [6, 6.07) is 7.41. The van der Waals surface area contributed by atoms with Crippen molar-refractivity contribution in [2.45, 2.75) is 17.7 Å². The first-order valence-corrected chi connectivity index (χ1v) is 9.79. The molecule has 29 heavy (non-hydrogen) atoms. The van der Waals surface area contributed by atoms with Gasteiger partial charge in [-0.05, 0) is 18.6 Å². The normalized spacial score (nSPS) is 11.1. The quantitative estimate of drug-likeness (QED) is 0.456. The van der Waals surface area contributed by atoms with Crippen molar-refractivity contribution in [3.05, 3.63) is 67.7 Å². The van der Waals surface area contributed by atoms with Crippen molar-refractivity contribution >= 4 is 44.7 Å². The van der Waals surface area contributed by atoms with Crippen LogP contribution in [0, 0.1) is 20.2 Å². The van der Waals surface area contributed by atoms with Crippen LogP contribution in [0.4, 0.5) is 17.1 Å².